The quantitative estimate of drug-likeness (QED) is 0.687. The van der Waals surface area contributed by atoms with E-state index in [1.54, 1.807) is 12.5 Å². The second-order valence-corrected chi connectivity index (χ2v) is 3.71. The highest BCUT2D eigenvalue weighted by Gasteiger charge is 2.25. The number of rotatable bonds is 3. The summed E-state index contributed by atoms with van der Waals surface area (Å²) in [4.78, 5) is 0. The number of alkyl halides is 3. The Bertz CT molecular complexity index is 133. The maximum atomic E-state index is 11.6. The smallest absolute Gasteiger partial charge is 0.171 e. The fraction of sp³-hybridized carbons (Fsp3) is 0.667. The summed E-state index contributed by atoms with van der Waals surface area (Å²) in [7, 11) is 0. The normalized spacial score (nSPS) is 11.4. The number of allylic oxidation sites excluding steroid dienone is 1. The van der Waals surface area contributed by atoms with Crippen LogP contribution in [-0.4, -0.2) is 18.7 Å². The van der Waals surface area contributed by atoms with E-state index in [0.717, 1.165) is 0 Å². The van der Waals surface area contributed by atoms with E-state index >= 15 is 0 Å². The monoisotopic (exact) mass is 202 g/mol. The molecule has 0 bridgehead atoms. The summed E-state index contributed by atoms with van der Waals surface area (Å²) in [6.07, 6.45) is -0.173. The van der Waals surface area contributed by atoms with Crippen molar-refractivity contribution >= 4 is 23.5 Å². The Morgan fingerprint density at radius 2 is 1.73 bits per heavy atom. The number of hydrogen-bond acceptors (Lipinski definition) is 2. The molecule has 0 saturated heterocycles. The average molecular weight is 202 g/mol. The first-order valence-electron chi connectivity index (χ1n) is 2.84. The molecule has 0 aliphatic heterocycles. The Morgan fingerprint density at radius 1 is 1.27 bits per heavy atom. The molecule has 0 fully saturated rings. The van der Waals surface area contributed by atoms with Crippen LogP contribution in [0.2, 0.25) is 0 Å². The van der Waals surface area contributed by atoms with Crippen LogP contribution in [0, 0.1) is 0 Å². The van der Waals surface area contributed by atoms with Crippen molar-refractivity contribution in [1.29, 1.82) is 0 Å². The zero-order valence-electron chi connectivity index (χ0n) is 6.23. The minimum atomic E-state index is -4.07. The zero-order valence-corrected chi connectivity index (χ0v) is 7.87. The summed E-state index contributed by atoms with van der Waals surface area (Å²) in [5, 5.41) is 0. The molecule has 0 aliphatic carbocycles. The van der Waals surface area contributed by atoms with Gasteiger partial charge in [0.1, 0.15) is 0 Å². The molecular formula is C6H9F3S2. The molecule has 66 valence electrons. The maximum absolute atomic E-state index is 11.6. The van der Waals surface area contributed by atoms with Gasteiger partial charge in [-0.3, -0.25) is 0 Å². The summed E-state index contributed by atoms with van der Waals surface area (Å²) < 4.78 is 35.6. The van der Waals surface area contributed by atoms with Gasteiger partial charge >= 0.3 is 6.18 Å². The molecule has 0 unspecified atom stereocenters. The summed E-state index contributed by atoms with van der Waals surface area (Å²) in [5.41, 5.74) is 0. The van der Waals surface area contributed by atoms with E-state index in [9.17, 15) is 13.2 Å². The molecule has 0 spiro atoms. The van der Waals surface area contributed by atoms with Gasteiger partial charge in [-0.05, 0) is 12.5 Å². The number of thioether (sulfide) groups is 2. The van der Waals surface area contributed by atoms with E-state index in [4.69, 9.17) is 0 Å². The van der Waals surface area contributed by atoms with Crippen molar-refractivity contribution in [3.8, 4) is 0 Å². The van der Waals surface area contributed by atoms with Crippen molar-refractivity contribution < 1.29 is 13.2 Å². The standard InChI is InChI=1S/C6H9F3S2/c1-10-5(11-2)3-4-6(7,8)9/h3H,4H2,1-2H3. The first-order valence-corrected chi connectivity index (χ1v) is 5.29. The predicted molar refractivity (Wildman–Crippen MR) is 45.8 cm³/mol. The maximum Gasteiger partial charge on any atom is 0.392 e. The second-order valence-electron chi connectivity index (χ2n) is 1.75. The van der Waals surface area contributed by atoms with E-state index in [0.29, 0.717) is 4.24 Å². The van der Waals surface area contributed by atoms with Gasteiger partial charge in [0.15, 0.2) is 0 Å². The van der Waals surface area contributed by atoms with Gasteiger partial charge in [0.25, 0.3) is 0 Å². The Kier molecular flexibility index (Phi) is 5.08. The van der Waals surface area contributed by atoms with Gasteiger partial charge < -0.3 is 0 Å². The van der Waals surface area contributed by atoms with Crippen LogP contribution in [0.3, 0.4) is 0 Å². The zero-order chi connectivity index (χ0) is 8.91. The van der Waals surface area contributed by atoms with Crippen LogP contribution in [-0.2, 0) is 0 Å². The molecule has 11 heavy (non-hydrogen) atoms. The largest absolute Gasteiger partial charge is 0.392 e. The molecule has 0 saturated carbocycles. The van der Waals surface area contributed by atoms with Crippen LogP contribution < -0.4 is 0 Å². The van der Waals surface area contributed by atoms with Crippen LogP contribution in [0.1, 0.15) is 6.42 Å². The Balaban J connectivity index is 3.89. The van der Waals surface area contributed by atoms with E-state index in [1.807, 2.05) is 0 Å². The topological polar surface area (TPSA) is 0 Å². The SMILES string of the molecule is CSC(=CCC(F)(F)F)SC. The molecule has 0 N–H and O–H groups in total. The third-order valence-electron chi connectivity index (χ3n) is 0.903. The van der Waals surface area contributed by atoms with E-state index in [-0.39, 0.29) is 0 Å². The summed E-state index contributed by atoms with van der Waals surface area (Å²) >= 11 is 2.67. The average Bonchev–Trinajstić information content (AvgIpc) is 1.88. The fourth-order valence-electron chi connectivity index (χ4n) is 0.449. The van der Waals surface area contributed by atoms with Gasteiger partial charge in [-0.15, -0.1) is 23.5 Å². The second kappa shape index (κ2) is 4.98. The Hall–Kier alpha value is 0.230. The third kappa shape index (κ3) is 6.62. The van der Waals surface area contributed by atoms with Crippen molar-refractivity contribution in [2.24, 2.45) is 0 Å². The first kappa shape index (κ1) is 11.2. The number of hydrogen-bond donors (Lipinski definition) is 0. The molecular weight excluding hydrogens is 193 g/mol. The fourth-order valence-corrected chi connectivity index (χ4v) is 1.62. The van der Waals surface area contributed by atoms with E-state index in [1.165, 1.54) is 29.6 Å². The molecule has 0 aliphatic rings. The lowest BCUT2D eigenvalue weighted by Gasteiger charge is -2.02. The Morgan fingerprint density at radius 3 is 2.00 bits per heavy atom. The van der Waals surface area contributed by atoms with E-state index < -0.39 is 12.6 Å². The van der Waals surface area contributed by atoms with Crippen LogP contribution >= 0.6 is 23.5 Å². The van der Waals surface area contributed by atoms with Crippen LogP contribution in [0.5, 0.6) is 0 Å². The lowest BCUT2D eigenvalue weighted by Crippen LogP contribution is -2.04. The third-order valence-corrected chi connectivity index (χ3v) is 3.04. The Labute approximate surface area is 72.6 Å². The van der Waals surface area contributed by atoms with Gasteiger partial charge in [0.2, 0.25) is 0 Å². The molecule has 0 aromatic rings. The van der Waals surface area contributed by atoms with Crippen molar-refractivity contribution in [3.05, 3.63) is 10.3 Å². The molecule has 0 aromatic heterocycles. The van der Waals surface area contributed by atoms with Gasteiger partial charge in [-0.25, -0.2) is 0 Å². The highest BCUT2D eigenvalue weighted by atomic mass is 32.2. The van der Waals surface area contributed by atoms with Crippen LogP contribution in [0.15, 0.2) is 10.3 Å². The van der Waals surface area contributed by atoms with Gasteiger partial charge in [-0.1, -0.05) is 6.08 Å². The molecule has 0 amide bonds. The van der Waals surface area contributed by atoms with Crippen molar-refractivity contribution in [2.75, 3.05) is 12.5 Å². The van der Waals surface area contributed by atoms with Crippen LogP contribution in [0.4, 0.5) is 13.2 Å². The molecule has 0 nitrogen and oxygen atoms in total. The van der Waals surface area contributed by atoms with Crippen molar-refractivity contribution in [1.82, 2.24) is 0 Å². The predicted octanol–water partition coefficient (Wildman–Crippen LogP) is 3.51. The van der Waals surface area contributed by atoms with Crippen molar-refractivity contribution in [2.45, 2.75) is 12.6 Å². The molecule has 0 rings (SSSR count). The van der Waals surface area contributed by atoms with Gasteiger partial charge in [0, 0.05) is 4.24 Å². The molecule has 0 aromatic carbocycles. The summed E-state index contributed by atoms with van der Waals surface area (Å²) in [6.45, 7) is 0. The molecule has 0 atom stereocenters. The molecule has 0 heterocycles. The first-order chi connectivity index (χ1) is 4.99. The summed E-state index contributed by atoms with van der Waals surface area (Å²) in [5.74, 6) is 0. The van der Waals surface area contributed by atoms with E-state index in [2.05, 4.69) is 0 Å². The van der Waals surface area contributed by atoms with Crippen LogP contribution in [0.25, 0.3) is 0 Å². The molecule has 5 heteroatoms. The highest BCUT2D eigenvalue weighted by Crippen LogP contribution is 2.28. The summed E-state index contributed by atoms with van der Waals surface area (Å²) in [6, 6.07) is 0. The highest BCUT2D eigenvalue weighted by molar-refractivity contribution is 8.21. The van der Waals surface area contributed by atoms with Gasteiger partial charge in [0.05, 0.1) is 6.42 Å². The minimum Gasteiger partial charge on any atom is -0.171 e. The lowest BCUT2D eigenvalue weighted by atomic mass is 10.4. The van der Waals surface area contributed by atoms with Gasteiger partial charge in [-0.2, -0.15) is 13.2 Å². The lowest BCUT2D eigenvalue weighted by molar-refractivity contribution is -0.125. The number of halogens is 3. The minimum absolute atomic E-state index is 0.710. The van der Waals surface area contributed by atoms with Crippen molar-refractivity contribution in [3.63, 3.8) is 0 Å². The molecule has 0 radical (unpaired) electrons.